The van der Waals surface area contributed by atoms with Gasteiger partial charge in [0.15, 0.2) is 0 Å². The van der Waals surface area contributed by atoms with E-state index in [4.69, 9.17) is 5.11 Å². The van der Waals surface area contributed by atoms with Gasteiger partial charge in [-0.3, -0.25) is 9.59 Å². The lowest BCUT2D eigenvalue weighted by Crippen LogP contribution is -2.57. The Kier molecular flexibility index (Phi) is 4.47. The minimum atomic E-state index is -3.90. The molecule has 0 radical (unpaired) electrons. The smallest absolute Gasteiger partial charge is 0.305 e. The summed E-state index contributed by atoms with van der Waals surface area (Å²) >= 11 is 4.16. The molecule has 1 saturated heterocycles. The van der Waals surface area contributed by atoms with E-state index in [0.29, 0.717) is 4.47 Å². The number of halogens is 1. The zero-order valence-electron chi connectivity index (χ0n) is 10.1. The van der Waals surface area contributed by atoms with Crippen LogP contribution in [0, 0.1) is 0 Å². The highest BCUT2D eigenvalue weighted by Crippen LogP contribution is 2.32. The van der Waals surface area contributed by atoms with Crippen molar-refractivity contribution in [2.75, 3.05) is 13.1 Å². The first-order valence-corrected chi connectivity index (χ1v) is 8.69. The molecule has 0 saturated carbocycles. The van der Waals surface area contributed by atoms with Crippen LogP contribution in [0.5, 0.6) is 0 Å². The zero-order valence-corrected chi connectivity index (χ0v) is 13.3. The highest BCUT2D eigenvalue weighted by Gasteiger charge is 2.40. The number of amides is 1. The molecule has 1 aliphatic rings. The first-order chi connectivity index (χ1) is 9.34. The van der Waals surface area contributed by atoms with E-state index in [9.17, 15) is 18.0 Å². The fraction of sp³-hybridized carbons (Fsp3) is 0.400. The molecule has 1 aromatic rings. The van der Waals surface area contributed by atoms with Gasteiger partial charge in [-0.2, -0.15) is 4.31 Å². The summed E-state index contributed by atoms with van der Waals surface area (Å²) in [4.78, 5) is 22.6. The van der Waals surface area contributed by atoms with Gasteiger partial charge in [0.25, 0.3) is 10.0 Å². The summed E-state index contributed by atoms with van der Waals surface area (Å²) in [7, 11) is -3.90. The van der Waals surface area contributed by atoms with Crippen LogP contribution in [-0.2, 0) is 19.6 Å². The summed E-state index contributed by atoms with van der Waals surface area (Å²) in [6.45, 7) is 0.216. The van der Waals surface area contributed by atoms with Crippen LogP contribution in [0.4, 0.5) is 0 Å². The molecule has 1 amide bonds. The summed E-state index contributed by atoms with van der Waals surface area (Å²) < 4.78 is 26.5. The van der Waals surface area contributed by atoms with E-state index in [-0.39, 0.29) is 17.3 Å². The topological polar surface area (TPSA) is 104 Å². The molecule has 10 heteroatoms. The first kappa shape index (κ1) is 15.4. The number of carbonyl (C=O) groups is 2. The fourth-order valence-corrected chi connectivity index (χ4v) is 5.93. The number of nitrogens with one attached hydrogen (secondary N) is 1. The second kappa shape index (κ2) is 5.80. The largest absolute Gasteiger partial charge is 0.481 e. The van der Waals surface area contributed by atoms with Crippen molar-refractivity contribution in [2.45, 2.75) is 16.7 Å². The Morgan fingerprint density at radius 3 is 2.85 bits per heavy atom. The van der Waals surface area contributed by atoms with Crippen LogP contribution in [0.15, 0.2) is 20.1 Å². The molecule has 0 spiro atoms. The number of hydrogen-bond acceptors (Lipinski definition) is 5. The molecule has 7 nitrogen and oxygen atoms in total. The summed E-state index contributed by atoms with van der Waals surface area (Å²) in [5, 5.41) is 12.9. The standard InChI is InChI=1S/C10H11BrN2O5S2/c11-6-1-4-19-10(6)20(17,18)13-3-2-12-9(16)7(13)5-8(14)15/h1,4,7H,2-3,5H2,(H,12,16)(H,14,15). The second-order valence-electron chi connectivity index (χ2n) is 4.08. The third-order valence-electron chi connectivity index (χ3n) is 2.78. The maximum absolute atomic E-state index is 12.5. The van der Waals surface area contributed by atoms with E-state index in [2.05, 4.69) is 21.2 Å². The van der Waals surface area contributed by atoms with Crippen molar-refractivity contribution in [1.82, 2.24) is 9.62 Å². The molecule has 1 atom stereocenters. The SMILES string of the molecule is O=C(O)CC1C(=O)NCCN1S(=O)(=O)c1sccc1Br. The Morgan fingerprint density at radius 2 is 2.30 bits per heavy atom. The van der Waals surface area contributed by atoms with Crippen LogP contribution in [-0.4, -0.2) is 48.8 Å². The molecule has 2 rings (SSSR count). The normalized spacial score (nSPS) is 20.6. The molecule has 1 fully saturated rings. The van der Waals surface area contributed by atoms with Gasteiger partial charge < -0.3 is 10.4 Å². The van der Waals surface area contributed by atoms with Gasteiger partial charge in [0, 0.05) is 17.6 Å². The quantitative estimate of drug-likeness (QED) is 0.787. The van der Waals surface area contributed by atoms with Crippen LogP contribution in [0.1, 0.15) is 6.42 Å². The fourth-order valence-electron chi connectivity index (χ4n) is 1.91. The summed E-state index contributed by atoms with van der Waals surface area (Å²) in [6, 6.07) is 0.369. The van der Waals surface area contributed by atoms with Gasteiger partial charge in [-0.05, 0) is 27.4 Å². The average Bonchev–Trinajstić information content (AvgIpc) is 2.78. The minimum absolute atomic E-state index is 0.0519. The number of carboxylic acid groups (broad SMARTS) is 1. The number of carboxylic acids is 1. The summed E-state index contributed by atoms with van der Waals surface area (Å²) in [5.74, 6) is -1.81. The van der Waals surface area contributed by atoms with Crippen molar-refractivity contribution in [3.05, 3.63) is 15.9 Å². The number of hydrogen-bond donors (Lipinski definition) is 2. The summed E-state index contributed by atoms with van der Waals surface area (Å²) in [5.41, 5.74) is 0. The number of rotatable bonds is 4. The van der Waals surface area contributed by atoms with Crippen molar-refractivity contribution >= 4 is 49.2 Å². The molecule has 1 aliphatic heterocycles. The lowest BCUT2D eigenvalue weighted by atomic mass is 10.1. The Labute approximate surface area is 127 Å². The number of aliphatic carboxylic acids is 1. The van der Waals surface area contributed by atoms with Crippen LogP contribution in [0.25, 0.3) is 0 Å². The predicted octanol–water partition coefficient (Wildman–Crippen LogP) is 0.474. The minimum Gasteiger partial charge on any atom is -0.481 e. The lowest BCUT2D eigenvalue weighted by Gasteiger charge is -2.32. The van der Waals surface area contributed by atoms with Gasteiger partial charge in [0.05, 0.1) is 6.42 Å². The van der Waals surface area contributed by atoms with Gasteiger partial charge in [0.1, 0.15) is 10.3 Å². The molecule has 110 valence electrons. The van der Waals surface area contributed by atoms with Crippen molar-refractivity contribution in [1.29, 1.82) is 0 Å². The van der Waals surface area contributed by atoms with E-state index < -0.39 is 34.4 Å². The molecule has 2 heterocycles. The van der Waals surface area contributed by atoms with E-state index in [1.165, 1.54) is 0 Å². The molecular weight excluding hydrogens is 372 g/mol. The monoisotopic (exact) mass is 382 g/mol. The van der Waals surface area contributed by atoms with Gasteiger partial charge >= 0.3 is 5.97 Å². The Morgan fingerprint density at radius 1 is 1.60 bits per heavy atom. The molecule has 1 aromatic heterocycles. The van der Waals surface area contributed by atoms with Crippen LogP contribution < -0.4 is 5.32 Å². The Balaban J connectivity index is 2.40. The van der Waals surface area contributed by atoms with Crippen LogP contribution in [0.3, 0.4) is 0 Å². The maximum atomic E-state index is 12.5. The highest BCUT2D eigenvalue weighted by molar-refractivity contribution is 9.10. The second-order valence-corrected chi connectivity index (χ2v) is 7.93. The van der Waals surface area contributed by atoms with Crippen molar-refractivity contribution in [2.24, 2.45) is 0 Å². The third kappa shape index (κ3) is 2.87. The number of nitrogens with zero attached hydrogens (tertiary/aromatic N) is 1. The van der Waals surface area contributed by atoms with Crippen molar-refractivity contribution in [3.8, 4) is 0 Å². The van der Waals surface area contributed by atoms with E-state index in [1.807, 2.05) is 0 Å². The number of sulfonamides is 1. The Bertz CT molecular complexity index is 642. The maximum Gasteiger partial charge on any atom is 0.305 e. The Hall–Kier alpha value is -0.970. The molecule has 0 aromatic carbocycles. The van der Waals surface area contributed by atoms with Gasteiger partial charge in [-0.15, -0.1) is 11.3 Å². The molecular formula is C10H11BrN2O5S2. The van der Waals surface area contributed by atoms with Crippen LogP contribution >= 0.6 is 27.3 Å². The third-order valence-corrected chi connectivity index (χ3v) is 7.33. The molecule has 2 N–H and O–H groups in total. The number of piperazine rings is 1. The zero-order chi connectivity index (χ0) is 14.9. The van der Waals surface area contributed by atoms with Gasteiger partial charge in [0.2, 0.25) is 5.91 Å². The van der Waals surface area contributed by atoms with Crippen molar-refractivity contribution in [3.63, 3.8) is 0 Å². The van der Waals surface area contributed by atoms with E-state index >= 15 is 0 Å². The molecule has 20 heavy (non-hydrogen) atoms. The van der Waals surface area contributed by atoms with Gasteiger partial charge in [-0.25, -0.2) is 8.42 Å². The summed E-state index contributed by atoms with van der Waals surface area (Å²) in [6.07, 6.45) is -0.561. The highest BCUT2D eigenvalue weighted by atomic mass is 79.9. The van der Waals surface area contributed by atoms with E-state index in [0.717, 1.165) is 15.6 Å². The molecule has 0 bridgehead atoms. The lowest BCUT2D eigenvalue weighted by molar-refractivity contribution is -0.141. The number of carbonyl (C=O) groups excluding carboxylic acids is 1. The molecule has 1 unspecified atom stereocenters. The van der Waals surface area contributed by atoms with Crippen LogP contribution in [0.2, 0.25) is 0 Å². The number of thiophene rings is 1. The molecule has 0 aliphatic carbocycles. The van der Waals surface area contributed by atoms with Gasteiger partial charge in [-0.1, -0.05) is 0 Å². The van der Waals surface area contributed by atoms with E-state index in [1.54, 1.807) is 11.4 Å². The average molecular weight is 383 g/mol. The van der Waals surface area contributed by atoms with Crippen molar-refractivity contribution < 1.29 is 23.1 Å². The first-order valence-electron chi connectivity index (χ1n) is 5.58. The predicted molar refractivity (Wildman–Crippen MR) is 75.0 cm³/mol.